The molecule has 0 atom stereocenters. The van der Waals surface area contributed by atoms with Crippen molar-refractivity contribution in [1.29, 1.82) is 0 Å². The number of fused-ring (bicyclic) bond motifs is 1. The normalized spacial score (nSPS) is 18.5. The SMILES string of the molecule is CC(C)N1CCOc2c(F)cc(-c3nc(Nc4ccc(C5CCN(C)CC5)c(CN5CCCC5)c4)ncc3F)cc21. The van der Waals surface area contributed by atoms with E-state index in [1.807, 2.05) is 13.8 Å². The Kier molecular flexibility index (Phi) is 8.08. The van der Waals surface area contributed by atoms with Gasteiger partial charge in [-0.3, -0.25) is 4.90 Å². The molecule has 2 aromatic carbocycles. The van der Waals surface area contributed by atoms with Gasteiger partial charge in [0.2, 0.25) is 5.95 Å². The van der Waals surface area contributed by atoms with E-state index in [0.29, 0.717) is 30.3 Å². The molecule has 4 heterocycles. The Bertz CT molecular complexity index is 1380. The number of aromatic nitrogens is 2. The Morgan fingerprint density at radius 2 is 1.78 bits per heavy atom. The van der Waals surface area contributed by atoms with Crippen LogP contribution in [0.25, 0.3) is 11.3 Å². The number of hydrogen-bond donors (Lipinski definition) is 1. The molecule has 6 rings (SSSR count). The van der Waals surface area contributed by atoms with Crippen LogP contribution < -0.4 is 15.0 Å². The summed E-state index contributed by atoms with van der Waals surface area (Å²) in [5.74, 6) is -0.0892. The number of ether oxygens (including phenoxy) is 1. The van der Waals surface area contributed by atoms with Gasteiger partial charge in [-0.15, -0.1) is 0 Å². The largest absolute Gasteiger partial charge is 0.486 e. The second-order valence-corrected chi connectivity index (χ2v) is 11.9. The van der Waals surface area contributed by atoms with Crippen LogP contribution in [-0.2, 0) is 6.54 Å². The molecule has 9 heteroatoms. The zero-order chi connectivity index (χ0) is 28.5. The van der Waals surface area contributed by atoms with Gasteiger partial charge in [0.25, 0.3) is 0 Å². The summed E-state index contributed by atoms with van der Waals surface area (Å²) >= 11 is 0. The summed E-state index contributed by atoms with van der Waals surface area (Å²) in [6.07, 6.45) is 5.97. The number of likely N-dealkylation sites (tertiary alicyclic amines) is 2. The van der Waals surface area contributed by atoms with E-state index in [1.165, 1.54) is 30.0 Å². The molecular formula is C32H40F2N6O. The minimum absolute atomic E-state index is 0.0544. The van der Waals surface area contributed by atoms with E-state index in [9.17, 15) is 0 Å². The Morgan fingerprint density at radius 3 is 2.54 bits per heavy atom. The molecule has 0 amide bonds. The van der Waals surface area contributed by atoms with Gasteiger partial charge in [0.1, 0.15) is 12.3 Å². The van der Waals surface area contributed by atoms with E-state index in [1.54, 1.807) is 6.07 Å². The fourth-order valence-corrected chi connectivity index (χ4v) is 6.45. The van der Waals surface area contributed by atoms with E-state index >= 15 is 8.78 Å². The molecule has 2 fully saturated rings. The highest BCUT2D eigenvalue weighted by molar-refractivity contribution is 5.73. The summed E-state index contributed by atoms with van der Waals surface area (Å²) < 4.78 is 35.8. The molecule has 0 bridgehead atoms. The molecule has 218 valence electrons. The predicted molar refractivity (Wildman–Crippen MR) is 159 cm³/mol. The average molecular weight is 563 g/mol. The molecule has 3 aliphatic heterocycles. The maximum absolute atomic E-state index is 15.1. The molecule has 0 saturated carbocycles. The first-order valence-electron chi connectivity index (χ1n) is 14.9. The third kappa shape index (κ3) is 6.02. The lowest BCUT2D eigenvalue weighted by molar-refractivity contribution is 0.253. The number of nitrogens with one attached hydrogen (secondary N) is 1. The minimum Gasteiger partial charge on any atom is -0.486 e. The number of rotatable bonds is 7. The van der Waals surface area contributed by atoms with Gasteiger partial charge >= 0.3 is 0 Å². The van der Waals surface area contributed by atoms with Crippen LogP contribution in [0.15, 0.2) is 36.5 Å². The molecule has 3 aromatic rings. The molecule has 0 radical (unpaired) electrons. The number of nitrogens with zero attached hydrogens (tertiary/aromatic N) is 5. The van der Waals surface area contributed by atoms with Crippen molar-refractivity contribution in [1.82, 2.24) is 19.8 Å². The predicted octanol–water partition coefficient (Wildman–Crippen LogP) is 6.18. The van der Waals surface area contributed by atoms with Gasteiger partial charge in [0, 0.05) is 23.8 Å². The van der Waals surface area contributed by atoms with Crippen molar-refractivity contribution in [2.75, 3.05) is 56.6 Å². The lowest BCUT2D eigenvalue weighted by Gasteiger charge is -2.34. The third-order valence-electron chi connectivity index (χ3n) is 8.70. The molecular weight excluding hydrogens is 522 g/mol. The van der Waals surface area contributed by atoms with Gasteiger partial charge in [-0.1, -0.05) is 6.07 Å². The Balaban J connectivity index is 1.29. The maximum Gasteiger partial charge on any atom is 0.227 e. The summed E-state index contributed by atoms with van der Waals surface area (Å²) in [6, 6.07) is 9.72. The average Bonchev–Trinajstić information content (AvgIpc) is 3.47. The molecule has 7 nitrogen and oxygen atoms in total. The topological polar surface area (TPSA) is 56.8 Å². The highest BCUT2D eigenvalue weighted by Gasteiger charge is 2.26. The second-order valence-electron chi connectivity index (χ2n) is 11.9. The minimum atomic E-state index is -0.602. The first-order valence-corrected chi connectivity index (χ1v) is 14.9. The first-order chi connectivity index (χ1) is 19.9. The summed E-state index contributed by atoms with van der Waals surface area (Å²) in [5, 5.41) is 3.30. The van der Waals surface area contributed by atoms with Crippen LogP contribution in [0, 0.1) is 11.6 Å². The lowest BCUT2D eigenvalue weighted by atomic mass is 9.86. The first kappa shape index (κ1) is 27.8. The van der Waals surface area contributed by atoms with Gasteiger partial charge < -0.3 is 19.9 Å². The number of halogens is 2. The van der Waals surface area contributed by atoms with Gasteiger partial charge in [-0.05, 0) is 114 Å². The van der Waals surface area contributed by atoms with Crippen molar-refractivity contribution in [3.8, 4) is 17.0 Å². The highest BCUT2D eigenvalue weighted by atomic mass is 19.1. The van der Waals surface area contributed by atoms with Crippen LogP contribution in [0.5, 0.6) is 5.75 Å². The van der Waals surface area contributed by atoms with Crippen LogP contribution in [0.3, 0.4) is 0 Å². The summed E-state index contributed by atoms with van der Waals surface area (Å²) in [6.45, 7) is 10.6. The molecule has 0 aliphatic carbocycles. The Labute approximate surface area is 241 Å². The molecule has 1 N–H and O–H groups in total. The van der Waals surface area contributed by atoms with Crippen molar-refractivity contribution in [3.05, 3.63) is 59.3 Å². The molecule has 0 spiro atoms. The van der Waals surface area contributed by atoms with Crippen LogP contribution >= 0.6 is 0 Å². The van der Waals surface area contributed by atoms with E-state index in [0.717, 1.165) is 57.4 Å². The Morgan fingerprint density at radius 1 is 1.00 bits per heavy atom. The zero-order valence-electron chi connectivity index (χ0n) is 24.3. The van der Waals surface area contributed by atoms with Crippen molar-refractivity contribution < 1.29 is 13.5 Å². The standard InChI is InChI=1S/C32H40F2N6O/c1-21(2)40-14-15-41-31-27(33)17-23(18-29(31)40)30-28(34)19-35-32(37-30)36-25-6-7-26(22-8-12-38(3)13-9-22)24(16-25)20-39-10-4-5-11-39/h6-7,16-19,21-22H,4-5,8-15,20H2,1-3H3,(H,35,36,37). The summed E-state index contributed by atoms with van der Waals surface area (Å²) in [5.41, 5.74) is 4.65. The van der Waals surface area contributed by atoms with Gasteiger partial charge in [-0.2, -0.15) is 0 Å². The molecule has 3 aliphatic rings. The number of anilines is 3. The zero-order valence-corrected chi connectivity index (χ0v) is 24.3. The summed E-state index contributed by atoms with van der Waals surface area (Å²) in [4.78, 5) is 15.7. The third-order valence-corrected chi connectivity index (χ3v) is 8.70. The fraction of sp³-hybridized carbons (Fsp3) is 0.500. The van der Waals surface area contributed by atoms with Crippen LogP contribution in [0.2, 0.25) is 0 Å². The lowest BCUT2D eigenvalue weighted by Crippen LogP contribution is -2.38. The number of benzene rings is 2. The van der Waals surface area contributed by atoms with Crippen molar-refractivity contribution in [2.45, 2.75) is 58.0 Å². The highest BCUT2D eigenvalue weighted by Crippen LogP contribution is 2.40. The molecule has 41 heavy (non-hydrogen) atoms. The molecule has 2 saturated heterocycles. The quantitative estimate of drug-likeness (QED) is 0.369. The number of hydrogen-bond acceptors (Lipinski definition) is 7. The van der Waals surface area contributed by atoms with E-state index in [2.05, 4.69) is 55.2 Å². The van der Waals surface area contributed by atoms with E-state index in [-0.39, 0.29) is 23.4 Å². The monoisotopic (exact) mass is 562 g/mol. The number of piperidine rings is 1. The Hall–Kier alpha value is -3.30. The second kappa shape index (κ2) is 11.9. The van der Waals surface area contributed by atoms with E-state index in [4.69, 9.17) is 4.74 Å². The fourth-order valence-electron chi connectivity index (χ4n) is 6.45. The van der Waals surface area contributed by atoms with Crippen molar-refractivity contribution in [2.24, 2.45) is 0 Å². The molecule has 0 unspecified atom stereocenters. The van der Waals surface area contributed by atoms with Gasteiger partial charge in [-0.25, -0.2) is 18.7 Å². The van der Waals surface area contributed by atoms with Crippen molar-refractivity contribution in [3.63, 3.8) is 0 Å². The van der Waals surface area contributed by atoms with Crippen molar-refractivity contribution >= 4 is 17.3 Å². The summed E-state index contributed by atoms with van der Waals surface area (Å²) in [7, 11) is 2.19. The van der Waals surface area contributed by atoms with E-state index < -0.39 is 11.6 Å². The van der Waals surface area contributed by atoms with Crippen LogP contribution in [-0.4, -0.2) is 72.2 Å². The van der Waals surface area contributed by atoms with Gasteiger partial charge in [0.05, 0.1) is 18.4 Å². The maximum atomic E-state index is 15.1. The molecule has 1 aromatic heterocycles. The van der Waals surface area contributed by atoms with Crippen LogP contribution in [0.1, 0.15) is 56.6 Å². The van der Waals surface area contributed by atoms with Gasteiger partial charge in [0.15, 0.2) is 17.4 Å². The van der Waals surface area contributed by atoms with Crippen LogP contribution in [0.4, 0.5) is 26.1 Å². The smallest absolute Gasteiger partial charge is 0.227 e.